The molecule has 1 aliphatic carbocycles. The second-order valence-corrected chi connectivity index (χ2v) is 5.10. The van der Waals surface area contributed by atoms with Gasteiger partial charge in [0.2, 0.25) is 0 Å². The van der Waals surface area contributed by atoms with E-state index in [9.17, 15) is 4.79 Å². The van der Waals surface area contributed by atoms with E-state index in [0.29, 0.717) is 11.3 Å². The molecule has 0 fully saturated rings. The summed E-state index contributed by atoms with van der Waals surface area (Å²) in [6, 6.07) is 5.55. The standard InChI is InChI=1S/C13H15BrN2O/c14-9-6-7-11(12(15)8-9)13(17)16-10-4-2-1-3-5-10/h1-2,6-8,10H,3-5,15H2,(H,16,17). The molecule has 1 atom stereocenters. The molecule has 1 unspecified atom stereocenters. The van der Waals surface area contributed by atoms with Gasteiger partial charge in [0.05, 0.1) is 5.56 Å². The van der Waals surface area contributed by atoms with Crippen molar-refractivity contribution < 1.29 is 4.79 Å². The molecule has 0 spiro atoms. The first-order chi connectivity index (χ1) is 8.16. The highest BCUT2D eigenvalue weighted by atomic mass is 79.9. The summed E-state index contributed by atoms with van der Waals surface area (Å²) in [4.78, 5) is 12.0. The summed E-state index contributed by atoms with van der Waals surface area (Å²) in [5.41, 5.74) is 6.87. The molecule has 1 aliphatic rings. The molecule has 1 aromatic carbocycles. The fourth-order valence-electron chi connectivity index (χ4n) is 1.93. The van der Waals surface area contributed by atoms with E-state index in [-0.39, 0.29) is 11.9 Å². The van der Waals surface area contributed by atoms with E-state index in [1.54, 1.807) is 12.1 Å². The SMILES string of the molecule is Nc1cc(Br)ccc1C(=O)NC1CC=CCC1. The van der Waals surface area contributed by atoms with Crippen LogP contribution in [0, 0.1) is 0 Å². The number of nitrogen functional groups attached to an aromatic ring is 1. The summed E-state index contributed by atoms with van der Waals surface area (Å²) < 4.78 is 0.882. The Balaban J connectivity index is 2.06. The lowest BCUT2D eigenvalue weighted by Gasteiger charge is -2.19. The molecule has 90 valence electrons. The molecule has 3 N–H and O–H groups in total. The quantitative estimate of drug-likeness (QED) is 0.651. The molecule has 17 heavy (non-hydrogen) atoms. The maximum absolute atomic E-state index is 12.0. The molecule has 0 saturated heterocycles. The van der Waals surface area contributed by atoms with Crippen LogP contribution < -0.4 is 11.1 Å². The van der Waals surface area contributed by atoms with Crippen LogP contribution in [-0.4, -0.2) is 11.9 Å². The number of hydrogen-bond acceptors (Lipinski definition) is 2. The zero-order valence-corrected chi connectivity index (χ0v) is 11.0. The first-order valence-electron chi connectivity index (χ1n) is 5.67. The molecule has 4 heteroatoms. The van der Waals surface area contributed by atoms with Gasteiger partial charge in [0.1, 0.15) is 0 Å². The van der Waals surface area contributed by atoms with Crippen molar-refractivity contribution in [2.75, 3.05) is 5.73 Å². The lowest BCUT2D eigenvalue weighted by molar-refractivity contribution is 0.0935. The number of nitrogens with one attached hydrogen (secondary N) is 1. The van der Waals surface area contributed by atoms with Crippen molar-refractivity contribution in [1.82, 2.24) is 5.32 Å². The van der Waals surface area contributed by atoms with Crippen molar-refractivity contribution in [3.63, 3.8) is 0 Å². The molecule has 0 aliphatic heterocycles. The lowest BCUT2D eigenvalue weighted by atomic mass is 10.0. The minimum atomic E-state index is -0.0877. The first kappa shape index (κ1) is 12.2. The zero-order chi connectivity index (χ0) is 12.3. The van der Waals surface area contributed by atoms with E-state index in [1.165, 1.54) is 0 Å². The summed E-state index contributed by atoms with van der Waals surface area (Å²) in [7, 11) is 0. The molecular formula is C13H15BrN2O. The molecular weight excluding hydrogens is 280 g/mol. The van der Waals surface area contributed by atoms with Gasteiger partial charge in [-0.15, -0.1) is 0 Å². The molecule has 0 bridgehead atoms. The molecule has 0 heterocycles. The van der Waals surface area contributed by atoms with Crippen LogP contribution in [0.4, 0.5) is 5.69 Å². The number of amides is 1. The maximum atomic E-state index is 12.0. The minimum Gasteiger partial charge on any atom is -0.398 e. The number of benzene rings is 1. The van der Waals surface area contributed by atoms with Gasteiger partial charge in [0.25, 0.3) is 5.91 Å². The molecule has 3 nitrogen and oxygen atoms in total. The summed E-state index contributed by atoms with van der Waals surface area (Å²) >= 11 is 3.32. The third kappa shape index (κ3) is 3.09. The van der Waals surface area contributed by atoms with E-state index in [0.717, 1.165) is 23.7 Å². The predicted molar refractivity (Wildman–Crippen MR) is 72.8 cm³/mol. The molecule has 1 aromatic rings. The Morgan fingerprint density at radius 3 is 2.88 bits per heavy atom. The molecule has 0 radical (unpaired) electrons. The van der Waals surface area contributed by atoms with Crippen LogP contribution in [0.1, 0.15) is 29.6 Å². The molecule has 0 saturated carbocycles. The Morgan fingerprint density at radius 2 is 2.24 bits per heavy atom. The van der Waals surface area contributed by atoms with Crippen LogP contribution in [0.2, 0.25) is 0 Å². The van der Waals surface area contributed by atoms with Gasteiger partial charge in [0, 0.05) is 16.2 Å². The van der Waals surface area contributed by atoms with Gasteiger partial charge < -0.3 is 11.1 Å². The molecule has 1 amide bonds. The largest absolute Gasteiger partial charge is 0.398 e. The highest BCUT2D eigenvalue weighted by molar-refractivity contribution is 9.10. The zero-order valence-electron chi connectivity index (χ0n) is 9.45. The van der Waals surface area contributed by atoms with Gasteiger partial charge in [-0.2, -0.15) is 0 Å². The van der Waals surface area contributed by atoms with Gasteiger partial charge in [-0.05, 0) is 37.5 Å². The first-order valence-corrected chi connectivity index (χ1v) is 6.47. The van der Waals surface area contributed by atoms with Crippen LogP contribution >= 0.6 is 15.9 Å². The Hall–Kier alpha value is -1.29. The van der Waals surface area contributed by atoms with Gasteiger partial charge >= 0.3 is 0 Å². The lowest BCUT2D eigenvalue weighted by Crippen LogP contribution is -2.35. The average molecular weight is 295 g/mol. The van der Waals surface area contributed by atoms with Crippen LogP contribution in [0.5, 0.6) is 0 Å². The summed E-state index contributed by atoms with van der Waals surface area (Å²) in [6.07, 6.45) is 7.19. The Bertz CT molecular complexity index is 457. The normalized spacial score (nSPS) is 19.0. The number of allylic oxidation sites excluding steroid dienone is 1. The van der Waals surface area contributed by atoms with Crippen LogP contribution in [0.25, 0.3) is 0 Å². The number of carbonyl (C=O) groups excluding carboxylic acids is 1. The second kappa shape index (κ2) is 5.36. The van der Waals surface area contributed by atoms with Crippen molar-refractivity contribution >= 4 is 27.5 Å². The van der Waals surface area contributed by atoms with Gasteiger partial charge in [-0.1, -0.05) is 28.1 Å². The van der Waals surface area contributed by atoms with Crippen molar-refractivity contribution in [1.29, 1.82) is 0 Å². The number of rotatable bonds is 2. The van der Waals surface area contributed by atoms with E-state index in [1.807, 2.05) is 6.07 Å². The van der Waals surface area contributed by atoms with Crippen LogP contribution in [-0.2, 0) is 0 Å². The van der Waals surface area contributed by atoms with Gasteiger partial charge in [0.15, 0.2) is 0 Å². The van der Waals surface area contributed by atoms with Gasteiger partial charge in [-0.25, -0.2) is 0 Å². The summed E-state index contributed by atoms with van der Waals surface area (Å²) in [5, 5.41) is 3.01. The van der Waals surface area contributed by atoms with E-state index < -0.39 is 0 Å². The number of halogens is 1. The topological polar surface area (TPSA) is 55.1 Å². The monoisotopic (exact) mass is 294 g/mol. The third-order valence-corrected chi connectivity index (χ3v) is 3.36. The number of hydrogen-bond donors (Lipinski definition) is 2. The van der Waals surface area contributed by atoms with Crippen molar-refractivity contribution in [2.45, 2.75) is 25.3 Å². The third-order valence-electron chi connectivity index (χ3n) is 2.86. The Kier molecular flexibility index (Phi) is 3.84. The molecule has 0 aromatic heterocycles. The second-order valence-electron chi connectivity index (χ2n) is 4.19. The number of carbonyl (C=O) groups is 1. The highest BCUT2D eigenvalue weighted by Crippen LogP contribution is 2.19. The summed E-state index contributed by atoms with van der Waals surface area (Å²) in [6.45, 7) is 0. The van der Waals surface area contributed by atoms with E-state index in [2.05, 4.69) is 33.4 Å². The van der Waals surface area contributed by atoms with Crippen molar-refractivity contribution in [3.05, 3.63) is 40.4 Å². The molecule has 2 rings (SSSR count). The number of nitrogens with two attached hydrogens (primary N) is 1. The van der Waals surface area contributed by atoms with Crippen LogP contribution in [0.3, 0.4) is 0 Å². The fraction of sp³-hybridized carbons (Fsp3) is 0.308. The fourth-order valence-corrected chi connectivity index (χ4v) is 2.31. The van der Waals surface area contributed by atoms with E-state index in [4.69, 9.17) is 5.73 Å². The number of anilines is 1. The van der Waals surface area contributed by atoms with Gasteiger partial charge in [-0.3, -0.25) is 4.79 Å². The van der Waals surface area contributed by atoms with E-state index >= 15 is 0 Å². The van der Waals surface area contributed by atoms with Crippen LogP contribution in [0.15, 0.2) is 34.8 Å². The smallest absolute Gasteiger partial charge is 0.253 e. The highest BCUT2D eigenvalue weighted by Gasteiger charge is 2.15. The summed E-state index contributed by atoms with van der Waals surface area (Å²) in [5.74, 6) is -0.0877. The van der Waals surface area contributed by atoms with Crippen molar-refractivity contribution in [2.24, 2.45) is 0 Å². The maximum Gasteiger partial charge on any atom is 0.253 e. The Morgan fingerprint density at radius 1 is 1.41 bits per heavy atom. The Labute approximate surface area is 109 Å². The minimum absolute atomic E-state index is 0.0877. The van der Waals surface area contributed by atoms with Crippen molar-refractivity contribution in [3.8, 4) is 0 Å². The predicted octanol–water partition coefficient (Wildman–Crippen LogP) is 2.87. The average Bonchev–Trinajstić information content (AvgIpc) is 2.30.